The Hall–Kier alpha value is -3.10. The zero-order valence-electron chi connectivity index (χ0n) is 17.8. The maximum Gasteiger partial charge on any atom is 0.213 e. The molecule has 0 radical (unpaired) electrons. The first-order valence-corrected chi connectivity index (χ1v) is 10.8. The van der Waals surface area contributed by atoms with Gasteiger partial charge < -0.3 is 4.74 Å². The van der Waals surface area contributed by atoms with E-state index in [-0.39, 0.29) is 5.60 Å². The Labute approximate surface area is 189 Å². The number of nitroso groups, excluding NO2 is 1. The molecule has 0 N–H and O–H groups in total. The van der Waals surface area contributed by atoms with E-state index in [4.69, 9.17) is 4.74 Å². The molecule has 0 amide bonds. The Morgan fingerprint density at radius 1 is 1.00 bits per heavy atom. The van der Waals surface area contributed by atoms with Crippen molar-refractivity contribution in [2.75, 3.05) is 13.1 Å². The maximum atomic E-state index is 13.6. The van der Waals surface area contributed by atoms with Crippen LogP contribution in [0.1, 0.15) is 46.7 Å². The van der Waals surface area contributed by atoms with E-state index in [9.17, 15) is 18.1 Å². The van der Waals surface area contributed by atoms with E-state index >= 15 is 0 Å². The van der Waals surface area contributed by atoms with Crippen LogP contribution in [0, 0.1) is 22.5 Å². The molecule has 3 heterocycles. The number of likely N-dealkylation sites (tertiary alicyclic amines) is 1. The summed E-state index contributed by atoms with van der Waals surface area (Å²) in [5.41, 5.74) is 3.49. The third kappa shape index (κ3) is 4.16. The van der Waals surface area contributed by atoms with Crippen molar-refractivity contribution in [3.05, 3.63) is 105 Å². The number of hydrogen-bond acceptors (Lipinski definition) is 5. The van der Waals surface area contributed by atoms with Crippen molar-refractivity contribution in [1.82, 2.24) is 9.88 Å². The highest BCUT2D eigenvalue weighted by atomic mass is 19.2. The summed E-state index contributed by atoms with van der Waals surface area (Å²) in [6, 6.07) is 11.4. The average Bonchev–Trinajstić information content (AvgIpc) is 3.16. The van der Waals surface area contributed by atoms with E-state index in [2.05, 4.69) is 15.1 Å². The second-order valence-electron chi connectivity index (χ2n) is 8.65. The summed E-state index contributed by atoms with van der Waals surface area (Å²) in [5.74, 6) is -2.45. The van der Waals surface area contributed by atoms with Crippen molar-refractivity contribution < 1.29 is 17.9 Å². The number of pyridine rings is 1. The molecule has 5 rings (SSSR count). The minimum Gasteiger partial charge on any atom is -0.365 e. The first kappa shape index (κ1) is 21.7. The van der Waals surface area contributed by atoms with Crippen molar-refractivity contribution in [2.45, 2.75) is 37.6 Å². The van der Waals surface area contributed by atoms with Gasteiger partial charge in [0, 0.05) is 31.4 Å². The van der Waals surface area contributed by atoms with Crippen molar-refractivity contribution >= 4 is 0 Å². The second kappa shape index (κ2) is 8.68. The van der Waals surface area contributed by atoms with Crippen LogP contribution in [0.5, 0.6) is 0 Å². The standard InChI is InChI=1S/C25H22F3N3O2/c26-21-6-5-18(11-22(21)27)24(30-32)17-3-1-16(2-4-17)14-31-9-7-25(8-10-31)20-13-29-23(28)12-19(20)15-33-25/h1-6,11-13,24H,7-10,14-15H2. The quantitative estimate of drug-likeness (QED) is 0.385. The summed E-state index contributed by atoms with van der Waals surface area (Å²) in [6.07, 6.45) is 3.22. The Morgan fingerprint density at radius 2 is 1.73 bits per heavy atom. The van der Waals surface area contributed by atoms with E-state index in [0.29, 0.717) is 17.7 Å². The van der Waals surface area contributed by atoms with Crippen molar-refractivity contribution in [3.63, 3.8) is 0 Å². The highest BCUT2D eigenvalue weighted by molar-refractivity contribution is 5.35. The molecule has 2 aliphatic rings. The highest BCUT2D eigenvalue weighted by Crippen LogP contribution is 2.44. The Morgan fingerprint density at radius 3 is 2.42 bits per heavy atom. The van der Waals surface area contributed by atoms with Crippen LogP contribution in [-0.2, 0) is 23.5 Å². The molecule has 1 atom stereocenters. The summed E-state index contributed by atoms with van der Waals surface area (Å²) in [5, 5.41) is 3.12. The van der Waals surface area contributed by atoms with Gasteiger partial charge in [-0.15, -0.1) is 4.91 Å². The fourth-order valence-electron chi connectivity index (χ4n) is 4.84. The Kier molecular flexibility index (Phi) is 5.72. The summed E-state index contributed by atoms with van der Waals surface area (Å²) in [6.45, 7) is 2.80. The number of rotatable bonds is 5. The number of fused-ring (bicyclic) bond motifs is 2. The summed E-state index contributed by atoms with van der Waals surface area (Å²) in [4.78, 5) is 17.6. The van der Waals surface area contributed by atoms with Crippen LogP contribution in [0.25, 0.3) is 0 Å². The number of piperidine rings is 1. The largest absolute Gasteiger partial charge is 0.365 e. The predicted molar refractivity (Wildman–Crippen MR) is 116 cm³/mol. The summed E-state index contributed by atoms with van der Waals surface area (Å²) < 4.78 is 46.3. The van der Waals surface area contributed by atoms with Crippen LogP contribution in [0.3, 0.4) is 0 Å². The van der Waals surface area contributed by atoms with Gasteiger partial charge in [0.15, 0.2) is 11.6 Å². The molecule has 1 saturated heterocycles. The highest BCUT2D eigenvalue weighted by Gasteiger charge is 2.43. The first-order chi connectivity index (χ1) is 16.0. The maximum absolute atomic E-state index is 13.6. The Bertz CT molecular complexity index is 1180. The van der Waals surface area contributed by atoms with E-state index in [1.165, 1.54) is 12.1 Å². The molecule has 5 nitrogen and oxygen atoms in total. The molecule has 170 valence electrons. The molecule has 8 heteroatoms. The molecule has 1 aromatic heterocycles. The molecule has 33 heavy (non-hydrogen) atoms. The van der Waals surface area contributed by atoms with Gasteiger partial charge in [-0.2, -0.15) is 4.39 Å². The SMILES string of the molecule is O=NC(c1ccc(CN2CCC3(CC2)OCc2cc(F)ncc23)cc1)c1ccc(F)c(F)c1. The average molecular weight is 453 g/mol. The van der Waals surface area contributed by atoms with Crippen LogP contribution in [-0.4, -0.2) is 23.0 Å². The fourth-order valence-corrected chi connectivity index (χ4v) is 4.84. The van der Waals surface area contributed by atoms with Crippen LogP contribution in [0.15, 0.2) is 59.9 Å². The third-order valence-corrected chi connectivity index (χ3v) is 6.68. The van der Waals surface area contributed by atoms with E-state index in [0.717, 1.165) is 61.3 Å². The molecule has 0 aliphatic carbocycles. The number of nitrogens with zero attached hydrogens (tertiary/aromatic N) is 3. The molecular formula is C25H22F3N3O2. The lowest BCUT2D eigenvalue weighted by Crippen LogP contribution is -2.42. The van der Waals surface area contributed by atoms with Gasteiger partial charge in [0.1, 0.15) is 6.04 Å². The topological polar surface area (TPSA) is 54.8 Å². The molecule has 2 aliphatic heterocycles. The van der Waals surface area contributed by atoms with Gasteiger partial charge in [-0.1, -0.05) is 35.5 Å². The number of aromatic nitrogens is 1. The first-order valence-electron chi connectivity index (χ1n) is 10.8. The number of halogens is 3. The van der Waals surface area contributed by atoms with Crippen LogP contribution < -0.4 is 0 Å². The van der Waals surface area contributed by atoms with E-state index in [1.54, 1.807) is 18.3 Å². The lowest BCUT2D eigenvalue weighted by Gasteiger charge is -2.39. The molecule has 0 bridgehead atoms. The van der Waals surface area contributed by atoms with E-state index < -0.39 is 23.6 Å². The molecule has 1 unspecified atom stereocenters. The third-order valence-electron chi connectivity index (χ3n) is 6.68. The predicted octanol–water partition coefficient (Wildman–Crippen LogP) is 5.38. The lowest BCUT2D eigenvalue weighted by atomic mass is 9.84. The number of ether oxygens (including phenoxy) is 1. The minimum absolute atomic E-state index is 0.309. The number of hydrogen-bond donors (Lipinski definition) is 0. The van der Waals surface area contributed by atoms with Crippen molar-refractivity contribution in [1.29, 1.82) is 0 Å². The summed E-state index contributed by atoms with van der Waals surface area (Å²) in [7, 11) is 0. The number of benzene rings is 2. The molecule has 1 spiro atoms. The zero-order valence-corrected chi connectivity index (χ0v) is 17.8. The monoisotopic (exact) mass is 453 g/mol. The van der Waals surface area contributed by atoms with Gasteiger partial charge in [0.25, 0.3) is 0 Å². The minimum atomic E-state index is -1.00. The van der Waals surface area contributed by atoms with Gasteiger partial charge in [-0.05, 0) is 53.3 Å². The Balaban J connectivity index is 1.24. The van der Waals surface area contributed by atoms with Gasteiger partial charge in [-0.25, -0.2) is 13.8 Å². The van der Waals surface area contributed by atoms with Crippen molar-refractivity contribution in [3.8, 4) is 0 Å². The van der Waals surface area contributed by atoms with Gasteiger partial charge in [-0.3, -0.25) is 4.90 Å². The zero-order chi connectivity index (χ0) is 23.0. The fraction of sp³-hybridized carbons (Fsp3) is 0.320. The van der Waals surface area contributed by atoms with Crippen LogP contribution in [0.2, 0.25) is 0 Å². The molecule has 2 aromatic carbocycles. The second-order valence-corrected chi connectivity index (χ2v) is 8.65. The summed E-state index contributed by atoms with van der Waals surface area (Å²) >= 11 is 0. The van der Waals surface area contributed by atoms with E-state index in [1.807, 2.05) is 12.1 Å². The van der Waals surface area contributed by atoms with Crippen LogP contribution >= 0.6 is 0 Å². The van der Waals surface area contributed by atoms with Crippen molar-refractivity contribution in [2.24, 2.45) is 5.18 Å². The molecule has 1 fully saturated rings. The molecule has 0 saturated carbocycles. The smallest absolute Gasteiger partial charge is 0.213 e. The van der Waals surface area contributed by atoms with Crippen LogP contribution in [0.4, 0.5) is 13.2 Å². The molecular weight excluding hydrogens is 431 g/mol. The van der Waals surface area contributed by atoms with Gasteiger partial charge in [0.05, 0.1) is 12.2 Å². The normalized spacial score (nSPS) is 18.3. The molecule has 3 aromatic rings. The van der Waals surface area contributed by atoms with Gasteiger partial charge >= 0.3 is 0 Å². The van der Waals surface area contributed by atoms with Gasteiger partial charge in [0.2, 0.25) is 5.95 Å². The lowest BCUT2D eigenvalue weighted by molar-refractivity contribution is -0.0800.